The number of ether oxygens (including phenoxy) is 2. The average molecular weight is 597 g/mol. The number of nitrogens with zero attached hydrogens (tertiary/aromatic N) is 5. The van der Waals surface area contributed by atoms with Gasteiger partial charge in [-0.3, -0.25) is 4.99 Å². The van der Waals surface area contributed by atoms with E-state index in [-0.39, 0.29) is 30.0 Å². The van der Waals surface area contributed by atoms with Crippen molar-refractivity contribution in [2.45, 2.75) is 91.9 Å². The van der Waals surface area contributed by atoms with Crippen LogP contribution in [0.25, 0.3) is 0 Å². The molecule has 0 aliphatic carbocycles. The SMILES string of the molecule is CC.CC.CC(C)(C)OC(=O)N1CCCC(Oc2cnc(N3CCC(C4N/C=C\N=Cc5cccc(F)c54)CC3)nc2)C1. The van der Waals surface area contributed by atoms with Crippen molar-refractivity contribution >= 4 is 18.3 Å². The predicted octanol–water partition coefficient (Wildman–Crippen LogP) is 6.90. The summed E-state index contributed by atoms with van der Waals surface area (Å²) in [5.41, 5.74) is 0.960. The molecule has 0 spiro atoms. The Morgan fingerprint density at radius 3 is 2.40 bits per heavy atom. The summed E-state index contributed by atoms with van der Waals surface area (Å²) in [6.07, 6.45) is 11.6. The van der Waals surface area contributed by atoms with E-state index in [9.17, 15) is 9.18 Å². The number of nitrogens with one attached hydrogen (secondary N) is 1. The second kappa shape index (κ2) is 16.2. The number of likely N-dealkylation sites (tertiary alicyclic amines) is 1. The van der Waals surface area contributed by atoms with Crippen LogP contribution in [0.3, 0.4) is 0 Å². The number of fused-ring (bicyclic) bond motifs is 1. The third-order valence-corrected chi connectivity index (χ3v) is 7.29. The molecule has 2 fully saturated rings. The first-order valence-corrected chi connectivity index (χ1v) is 15.7. The van der Waals surface area contributed by atoms with E-state index >= 15 is 0 Å². The standard InChI is InChI=1S/C29H37FN6O3.2C2H6/c1-29(2,3)39-28(37)36-13-5-7-22(19-36)38-23-17-33-27(34-18-23)35-14-9-20(10-15-35)26-25-21(6-4-8-24(25)30)16-31-11-12-32-26;2*1-2/h4,6,8,11-12,16-18,20,22,26,32H,5,7,9-10,13-15,19H2,1-3H3;2*1-2H3/b12-11-,31-16?;;. The van der Waals surface area contributed by atoms with Crippen molar-refractivity contribution < 1.29 is 18.7 Å². The molecule has 2 atom stereocenters. The molecule has 2 unspecified atom stereocenters. The van der Waals surface area contributed by atoms with Gasteiger partial charge in [0.25, 0.3) is 0 Å². The Hall–Kier alpha value is -3.69. The second-order valence-electron chi connectivity index (χ2n) is 11.3. The number of anilines is 1. The van der Waals surface area contributed by atoms with E-state index in [1.165, 1.54) is 6.07 Å². The highest BCUT2D eigenvalue weighted by Gasteiger charge is 2.32. The van der Waals surface area contributed by atoms with Crippen LogP contribution in [0.4, 0.5) is 15.1 Å². The monoisotopic (exact) mass is 596 g/mol. The summed E-state index contributed by atoms with van der Waals surface area (Å²) in [5.74, 6) is 1.29. The topological polar surface area (TPSA) is 92.2 Å². The number of hydrogen-bond acceptors (Lipinski definition) is 8. The van der Waals surface area contributed by atoms with Gasteiger partial charge in [0.1, 0.15) is 17.5 Å². The van der Waals surface area contributed by atoms with Gasteiger partial charge in [-0.15, -0.1) is 0 Å². The lowest BCUT2D eigenvalue weighted by molar-refractivity contribution is 0.00768. The summed E-state index contributed by atoms with van der Waals surface area (Å²) in [5, 5.41) is 3.38. The molecule has 9 nitrogen and oxygen atoms in total. The Bertz CT molecular complexity index is 1210. The average Bonchev–Trinajstić information content (AvgIpc) is 3.00. The smallest absolute Gasteiger partial charge is 0.410 e. The normalized spacial score (nSPS) is 20.9. The van der Waals surface area contributed by atoms with Crippen LogP contribution in [0.2, 0.25) is 0 Å². The van der Waals surface area contributed by atoms with Crippen LogP contribution < -0.4 is 15.0 Å². The molecule has 5 rings (SSSR count). The van der Waals surface area contributed by atoms with E-state index in [4.69, 9.17) is 9.47 Å². The molecule has 236 valence electrons. The van der Waals surface area contributed by atoms with Crippen LogP contribution in [-0.4, -0.2) is 65.1 Å². The van der Waals surface area contributed by atoms with Gasteiger partial charge in [0.2, 0.25) is 5.95 Å². The number of aliphatic imine (C=N–C) groups is 1. The number of halogens is 1. The lowest BCUT2D eigenvalue weighted by atomic mass is 9.83. The minimum absolute atomic E-state index is 0.126. The number of rotatable bonds is 4. The first-order chi connectivity index (χ1) is 20.8. The highest BCUT2D eigenvalue weighted by atomic mass is 19.1. The quantitative estimate of drug-likeness (QED) is 0.411. The minimum Gasteiger partial charge on any atom is -0.485 e. The highest BCUT2D eigenvalue weighted by Crippen LogP contribution is 2.35. The molecular weight excluding hydrogens is 547 g/mol. The molecule has 0 bridgehead atoms. The highest BCUT2D eigenvalue weighted by molar-refractivity contribution is 5.82. The summed E-state index contributed by atoms with van der Waals surface area (Å²) >= 11 is 0. The number of benzene rings is 1. The lowest BCUT2D eigenvalue weighted by Crippen LogP contribution is -2.46. The molecule has 1 amide bonds. The van der Waals surface area contributed by atoms with Gasteiger partial charge in [-0.1, -0.05) is 39.8 Å². The fourth-order valence-electron chi connectivity index (χ4n) is 5.45. The molecule has 4 heterocycles. The summed E-state index contributed by atoms with van der Waals surface area (Å²) in [6, 6.07) is 5.02. The zero-order chi connectivity index (χ0) is 31.4. The van der Waals surface area contributed by atoms with E-state index in [1.54, 1.807) is 42.0 Å². The summed E-state index contributed by atoms with van der Waals surface area (Å²) < 4.78 is 26.5. The van der Waals surface area contributed by atoms with Crippen molar-refractivity contribution in [3.63, 3.8) is 0 Å². The number of amides is 1. The summed E-state index contributed by atoms with van der Waals surface area (Å²) in [4.78, 5) is 29.7. The third-order valence-electron chi connectivity index (χ3n) is 7.29. The van der Waals surface area contributed by atoms with Crippen molar-refractivity contribution in [3.8, 4) is 5.75 Å². The third kappa shape index (κ3) is 9.40. The number of hydrogen-bond donors (Lipinski definition) is 1. The molecular formula is C33H49FN6O3. The van der Waals surface area contributed by atoms with Crippen LogP contribution in [0.1, 0.15) is 91.3 Å². The largest absolute Gasteiger partial charge is 0.485 e. The first-order valence-electron chi connectivity index (χ1n) is 15.7. The van der Waals surface area contributed by atoms with Crippen molar-refractivity contribution in [2.75, 3.05) is 31.1 Å². The molecule has 1 N–H and O–H groups in total. The molecule has 43 heavy (non-hydrogen) atoms. The van der Waals surface area contributed by atoms with Gasteiger partial charge >= 0.3 is 6.09 Å². The van der Waals surface area contributed by atoms with Crippen molar-refractivity contribution in [1.82, 2.24) is 20.2 Å². The minimum atomic E-state index is -0.527. The first kappa shape index (κ1) is 33.8. The zero-order valence-corrected chi connectivity index (χ0v) is 26.8. The fraction of sp³-hybridized carbons (Fsp3) is 0.576. The van der Waals surface area contributed by atoms with Gasteiger partial charge in [-0.05, 0) is 58.4 Å². The molecule has 0 saturated carbocycles. The lowest BCUT2D eigenvalue weighted by Gasteiger charge is -2.37. The van der Waals surface area contributed by atoms with Crippen molar-refractivity contribution in [3.05, 3.63) is 59.9 Å². The van der Waals surface area contributed by atoms with Crippen LogP contribution in [0, 0.1) is 11.7 Å². The van der Waals surface area contributed by atoms with E-state index in [1.807, 2.05) is 54.5 Å². The van der Waals surface area contributed by atoms with Gasteiger partial charge in [0.15, 0.2) is 5.75 Å². The Morgan fingerprint density at radius 2 is 1.72 bits per heavy atom. The van der Waals surface area contributed by atoms with Gasteiger partial charge in [-0.25, -0.2) is 19.2 Å². The van der Waals surface area contributed by atoms with Crippen LogP contribution in [-0.2, 0) is 4.74 Å². The molecule has 2 saturated heterocycles. The maximum atomic E-state index is 14.9. The molecule has 0 radical (unpaired) electrons. The van der Waals surface area contributed by atoms with Gasteiger partial charge < -0.3 is 24.6 Å². The molecule has 2 aromatic rings. The van der Waals surface area contributed by atoms with Gasteiger partial charge in [-0.2, -0.15) is 0 Å². The number of carbonyl (C=O) groups is 1. The fourth-order valence-corrected chi connectivity index (χ4v) is 5.45. The number of carbonyl (C=O) groups excluding carboxylic acids is 1. The van der Waals surface area contributed by atoms with E-state index in [2.05, 4.69) is 25.2 Å². The maximum Gasteiger partial charge on any atom is 0.410 e. The Balaban J connectivity index is 0.00000121. The summed E-state index contributed by atoms with van der Waals surface area (Å²) in [7, 11) is 0. The number of aromatic nitrogens is 2. The van der Waals surface area contributed by atoms with E-state index in [0.717, 1.165) is 44.3 Å². The van der Waals surface area contributed by atoms with Crippen molar-refractivity contribution in [1.29, 1.82) is 0 Å². The summed E-state index contributed by atoms with van der Waals surface area (Å²) in [6.45, 7) is 16.3. The van der Waals surface area contributed by atoms with E-state index < -0.39 is 5.60 Å². The molecule has 3 aliphatic rings. The Kier molecular flexibility index (Phi) is 12.8. The van der Waals surface area contributed by atoms with Crippen LogP contribution >= 0.6 is 0 Å². The Labute approximate surface area is 256 Å². The van der Waals surface area contributed by atoms with E-state index in [0.29, 0.717) is 30.4 Å². The predicted molar refractivity (Wildman–Crippen MR) is 170 cm³/mol. The van der Waals surface area contributed by atoms with Gasteiger partial charge in [0.05, 0.1) is 25.0 Å². The molecule has 1 aromatic heterocycles. The molecule has 1 aromatic carbocycles. The van der Waals surface area contributed by atoms with Crippen LogP contribution in [0.5, 0.6) is 5.75 Å². The molecule has 10 heteroatoms. The van der Waals surface area contributed by atoms with Crippen LogP contribution in [0.15, 0.2) is 48.0 Å². The van der Waals surface area contributed by atoms with Crippen molar-refractivity contribution in [2.24, 2.45) is 10.9 Å². The molecule has 3 aliphatic heterocycles. The number of piperidine rings is 2. The zero-order valence-electron chi connectivity index (χ0n) is 26.8. The second-order valence-corrected chi connectivity index (χ2v) is 11.3. The maximum absolute atomic E-state index is 14.9. The van der Waals surface area contributed by atoms with Gasteiger partial charge in [0, 0.05) is 49.4 Å². The Morgan fingerprint density at radius 1 is 1.02 bits per heavy atom.